The second-order valence-electron chi connectivity index (χ2n) is 3.88. The van der Waals surface area contributed by atoms with Crippen LogP contribution in [0.2, 0.25) is 0 Å². The lowest BCUT2D eigenvalue weighted by molar-refractivity contribution is -0.121. The van der Waals surface area contributed by atoms with Crippen LogP contribution in [-0.4, -0.2) is 44.2 Å². The molecule has 0 saturated carbocycles. The number of hydrogen-bond acceptors (Lipinski definition) is 4. The summed E-state index contributed by atoms with van der Waals surface area (Å²) in [6.07, 6.45) is 3.61. The van der Waals surface area contributed by atoms with Crippen molar-refractivity contribution in [1.29, 1.82) is 0 Å². The predicted octanol–water partition coefficient (Wildman–Crippen LogP) is 0.505. The van der Waals surface area contributed by atoms with Crippen molar-refractivity contribution in [3.05, 3.63) is 0 Å². The minimum atomic E-state index is -0.0790. The van der Waals surface area contributed by atoms with Gasteiger partial charge in [-0.15, -0.1) is 0 Å². The zero-order valence-corrected chi connectivity index (χ0v) is 10.5. The van der Waals surface area contributed by atoms with Gasteiger partial charge in [-0.2, -0.15) is 0 Å². The fraction of sp³-hybridized carbons (Fsp3) is 0.909. The monoisotopic (exact) mass is 231 g/mol. The molecular weight excluding hydrogens is 206 g/mol. The summed E-state index contributed by atoms with van der Waals surface area (Å²) in [5, 5.41) is 0. The van der Waals surface area contributed by atoms with Crippen molar-refractivity contribution in [3.63, 3.8) is 0 Å². The number of unbranched alkanes of at least 4 members (excludes halogenated alkanes) is 2. The van der Waals surface area contributed by atoms with Crippen molar-refractivity contribution in [2.75, 3.05) is 33.4 Å². The van der Waals surface area contributed by atoms with Crippen LogP contribution >= 0.6 is 0 Å². The molecule has 0 saturated heterocycles. The molecule has 5 nitrogen and oxygen atoms in total. The Balaban J connectivity index is 3.21. The number of nitrogens with two attached hydrogens (primary N) is 1. The summed E-state index contributed by atoms with van der Waals surface area (Å²) >= 11 is 0. The van der Waals surface area contributed by atoms with Gasteiger partial charge in [0.25, 0.3) is 0 Å². The Morgan fingerprint density at radius 1 is 1.31 bits per heavy atom. The van der Waals surface area contributed by atoms with Crippen LogP contribution in [0.4, 0.5) is 0 Å². The summed E-state index contributed by atoms with van der Waals surface area (Å²) in [6, 6.07) is 0. The summed E-state index contributed by atoms with van der Waals surface area (Å²) in [7, 11) is 2.09. The number of hydrazine groups is 1. The maximum absolute atomic E-state index is 10.8. The van der Waals surface area contributed by atoms with Gasteiger partial charge in [-0.1, -0.05) is 6.42 Å². The molecule has 0 aliphatic heterocycles. The van der Waals surface area contributed by atoms with Gasteiger partial charge in [-0.25, -0.2) is 5.84 Å². The lowest BCUT2D eigenvalue weighted by Gasteiger charge is -2.15. The van der Waals surface area contributed by atoms with Gasteiger partial charge in [0.15, 0.2) is 0 Å². The summed E-state index contributed by atoms with van der Waals surface area (Å²) in [5.74, 6) is 4.90. The number of nitrogens with zero attached hydrogens (tertiary/aromatic N) is 1. The van der Waals surface area contributed by atoms with Gasteiger partial charge in [0.05, 0.1) is 6.61 Å². The van der Waals surface area contributed by atoms with Crippen molar-refractivity contribution in [3.8, 4) is 0 Å². The highest BCUT2D eigenvalue weighted by atomic mass is 16.5. The number of rotatable bonds is 10. The van der Waals surface area contributed by atoms with E-state index >= 15 is 0 Å². The average molecular weight is 231 g/mol. The lowest BCUT2D eigenvalue weighted by Crippen LogP contribution is -2.29. The number of carbonyl (C=O) groups is 1. The van der Waals surface area contributed by atoms with Crippen LogP contribution in [0.25, 0.3) is 0 Å². The molecule has 96 valence electrons. The number of ether oxygens (including phenoxy) is 1. The molecule has 16 heavy (non-hydrogen) atoms. The van der Waals surface area contributed by atoms with Gasteiger partial charge >= 0.3 is 0 Å². The average Bonchev–Trinajstić information content (AvgIpc) is 2.28. The first-order valence-corrected chi connectivity index (χ1v) is 5.96. The zero-order valence-electron chi connectivity index (χ0n) is 10.5. The van der Waals surface area contributed by atoms with E-state index in [0.29, 0.717) is 6.42 Å². The molecule has 0 spiro atoms. The van der Waals surface area contributed by atoms with Gasteiger partial charge in [0, 0.05) is 19.6 Å². The maximum atomic E-state index is 10.8. The number of nitrogens with one attached hydrogen (secondary N) is 1. The summed E-state index contributed by atoms with van der Waals surface area (Å²) < 4.78 is 5.27. The van der Waals surface area contributed by atoms with Crippen molar-refractivity contribution >= 4 is 5.91 Å². The first-order chi connectivity index (χ1) is 7.70. The van der Waals surface area contributed by atoms with Crippen LogP contribution < -0.4 is 11.3 Å². The van der Waals surface area contributed by atoms with E-state index in [1.165, 1.54) is 0 Å². The van der Waals surface area contributed by atoms with Crippen LogP contribution in [0.15, 0.2) is 0 Å². The molecule has 0 atom stereocenters. The summed E-state index contributed by atoms with van der Waals surface area (Å²) in [4.78, 5) is 13.1. The van der Waals surface area contributed by atoms with E-state index in [1.54, 1.807) is 0 Å². The fourth-order valence-electron chi connectivity index (χ4n) is 1.39. The van der Waals surface area contributed by atoms with E-state index in [1.807, 2.05) is 6.92 Å². The van der Waals surface area contributed by atoms with Gasteiger partial charge in [-0.05, 0) is 33.4 Å². The molecule has 3 N–H and O–H groups in total. The Kier molecular flexibility index (Phi) is 10.4. The zero-order chi connectivity index (χ0) is 12.2. The largest absolute Gasteiger partial charge is 0.380 e. The van der Waals surface area contributed by atoms with Gasteiger partial charge in [-0.3, -0.25) is 10.2 Å². The molecule has 0 fully saturated rings. The van der Waals surface area contributed by atoms with E-state index in [-0.39, 0.29) is 5.91 Å². The van der Waals surface area contributed by atoms with Crippen LogP contribution in [0.3, 0.4) is 0 Å². The number of amides is 1. The molecule has 0 aromatic rings. The molecular formula is C11H25N3O2. The Morgan fingerprint density at radius 3 is 2.69 bits per heavy atom. The smallest absolute Gasteiger partial charge is 0.233 e. The highest BCUT2D eigenvalue weighted by Gasteiger charge is 2.00. The topological polar surface area (TPSA) is 67.6 Å². The second kappa shape index (κ2) is 10.9. The van der Waals surface area contributed by atoms with Gasteiger partial charge < -0.3 is 9.64 Å². The molecule has 0 aromatic heterocycles. The molecule has 0 aliphatic carbocycles. The van der Waals surface area contributed by atoms with Crippen LogP contribution in [0.5, 0.6) is 0 Å². The normalized spacial score (nSPS) is 10.8. The first-order valence-electron chi connectivity index (χ1n) is 5.96. The molecule has 0 aliphatic rings. The molecule has 0 heterocycles. The lowest BCUT2D eigenvalue weighted by atomic mass is 10.2. The van der Waals surface area contributed by atoms with Gasteiger partial charge in [0.1, 0.15) is 0 Å². The standard InChI is InChI=1S/C11H25N3O2/c1-3-16-10-9-14(2)8-6-4-5-7-11(15)13-12/h3-10,12H2,1-2H3,(H,13,15). The third-order valence-electron chi connectivity index (χ3n) is 2.43. The molecule has 0 aromatic carbocycles. The van der Waals surface area contributed by atoms with E-state index in [4.69, 9.17) is 10.6 Å². The highest BCUT2D eigenvalue weighted by Crippen LogP contribution is 2.00. The minimum Gasteiger partial charge on any atom is -0.380 e. The van der Waals surface area contributed by atoms with Crippen molar-refractivity contribution in [2.45, 2.75) is 32.6 Å². The molecule has 5 heteroatoms. The Bertz CT molecular complexity index is 177. The molecule has 0 rings (SSSR count). The Morgan fingerprint density at radius 2 is 2.06 bits per heavy atom. The Labute approximate surface area is 98.3 Å². The van der Waals surface area contributed by atoms with E-state index < -0.39 is 0 Å². The number of carbonyl (C=O) groups excluding carboxylic acids is 1. The minimum absolute atomic E-state index is 0.0790. The molecule has 0 radical (unpaired) electrons. The van der Waals surface area contributed by atoms with E-state index in [0.717, 1.165) is 45.6 Å². The second-order valence-corrected chi connectivity index (χ2v) is 3.88. The van der Waals surface area contributed by atoms with Crippen molar-refractivity contribution in [1.82, 2.24) is 10.3 Å². The predicted molar refractivity (Wildman–Crippen MR) is 64.8 cm³/mol. The van der Waals surface area contributed by atoms with Crippen molar-refractivity contribution < 1.29 is 9.53 Å². The summed E-state index contributed by atoms with van der Waals surface area (Å²) in [5.41, 5.74) is 2.13. The third-order valence-corrected chi connectivity index (χ3v) is 2.43. The summed E-state index contributed by atoms with van der Waals surface area (Å²) in [6.45, 7) is 5.60. The van der Waals surface area contributed by atoms with Gasteiger partial charge in [0.2, 0.25) is 5.91 Å². The fourth-order valence-corrected chi connectivity index (χ4v) is 1.39. The number of hydrogen-bond donors (Lipinski definition) is 2. The van der Waals surface area contributed by atoms with E-state index in [9.17, 15) is 4.79 Å². The molecule has 0 unspecified atom stereocenters. The highest BCUT2D eigenvalue weighted by molar-refractivity contribution is 5.74. The molecule has 0 bridgehead atoms. The van der Waals surface area contributed by atoms with Crippen LogP contribution in [-0.2, 0) is 9.53 Å². The maximum Gasteiger partial charge on any atom is 0.233 e. The van der Waals surface area contributed by atoms with E-state index in [2.05, 4.69) is 17.4 Å². The number of likely N-dealkylation sites (N-methyl/N-ethyl adjacent to an activating group) is 1. The third kappa shape index (κ3) is 9.89. The quantitative estimate of drug-likeness (QED) is 0.249. The molecule has 1 amide bonds. The van der Waals surface area contributed by atoms with Crippen LogP contribution in [0, 0.1) is 0 Å². The Hall–Kier alpha value is -0.650. The van der Waals surface area contributed by atoms with Crippen LogP contribution in [0.1, 0.15) is 32.6 Å². The van der Waals surface area contributed by atoms with Crippen molar-refractivity contribution in [2.24, 2.45) is 5.84 Å². The SMILES string of the molecule is CCOCCN(C)CCCCCC(=O)NN. The first kappa shape index (κ1) is 15.3.